The Labute approximate surface area is 151 Å². The lowest BCUT2D eigenvalue weighted by Gasteiger charge is -2.16. The summed E-state index contributed by atoms with van der Waals surface area (Å²) in [5.74, 6) is -2.27. The highest BCUT2D eigenvalue weighted by Gasteiger charge is 2.29. The highest BCUT2D eigenvalue weighted by atomic mass is 16.5. The van der Waals surface area contributed by atoms with Gasteiger partial charge in [-0.2, -0.15) is 0 Å². The topological polar surface area (TPSA) is 78.9 Å². The molecule has 0 fully saturated rings. The first-order chi connectivity index (χ1) is 12.4. The molecule has 0 N–H and O–H groups in total. The average Bonchev–Trinajstić information content (AvgIpc) is 2.66. The van der Waals surface area contributed by atoms with Crippen LogP contribution in [0.15, 0.2) is 36.4 Å². The Hall–Kier alpha value is -3.15. The number of carbonyl (C=O) groups is 3. The third kappa shape index (κ3) is 3.74. The fraction of sp³-hybridized carbons (Fsp3) is 0.250. The number of methoxy groups -OCH3 is 2. The van der Waals surface area contributed by atoms with Crippen LogP contribution in [0.1, 0.15) is 43.6 Å². The first-order valence-corrected chi connectivity index (χ1v) is 8.02. The Balaban J connectivity index is 2.83. The van der Waals surface area contributed by atoms with E-state index in [1.807, 2.05) is 31.2 Å². The molecule has 0 atom stereocenters. The molecule has 0 amide bonds. The van der Waals surface area contributed by atoms with Crippen molar-refractivity contribution in [2.75, 3.05) is 20.8 Å². The maximum atomic E-state index is 12.6. The Morgan fingerprint density at radius 2 is 1.42 bits per heavy atom. The first kappa shape index (κ1) is 19.2. The van der Waals surface area contributed by atoms with E-state index in [2.05, 4.69) is 0 Å². The molecule has 6 nitrogen and oxygen atoms in total. The zero-order chi connectivity index (χ0) is 19.3. The molecule has 2 aromatic carbocycles. The molecule has 0 radical (unpaired) electrons. The van der Waals surface area contributed by atoms with Crippen molar-refractivity contribution in [2.45, 2.75) is 13.8 Å². The monoisotopic (exact) mass is 356 g/mol. The van der Waals surface area contributed by atoms with Crippen molar-refractivity contribution in [3.05, 3.63) is 58.7 Å². The molecule has 0 aromatic heterocycles. The Kier molecular flexibility index (Phi) is 6.11. The molecule has 0 unspecified atom stereocenters. The van der Waals surface area contributed by atoms with E-state index in [0.29, 0.717) is 11.1 Å². The number of carbonyl (C=O) groups excluding carboxylic acids is 3. The van der Waals surface area contributed by atoms with Crippen LogP contribution in [-0.2, 0) is 14.2 Å². The summed E-state index contributed by atoms with van der Waals surface area (Å²) in [5.41, 5.74) is 1.97. The van der Waals surface area contributed by atoms with Crippen molar-refractivity contribution >= 4 is 17.9 Å². The van der Waals surface area contributed by atoms with Gasteiger partial charge in [-0.25, -0.2) is 14.4 Å². The summed E-state index contributed by atoms with van der Waals surface area (Å²) in [6.07, 6.45) is 0. The lowest BCUT2D eigenvalue weighted by atomic mass is 9.91. The predicted octanol–water partition coefficient (Wildman–Crippen LogP) is 3.41. The van der Waals surface area contributed by atoms with Crippen LogP contribution in [0, 0.1) is 6.92 Å². The van der Waals surface area contributed by atoms with Gasteiger partial charge in [0.1, 0.15) is 0 Å². The van der Waals surface area contributed by atoms with Crippen LogP contribution in [0.3, 0.4) is 0 Å². The Morgan fingerprint density at radius 1 is 0.808 bits per heavy atom. The van der Waals surface area contributed by atoms with Crippen LogP contribution in [0.2, 0.25) is 0 Å². The van der Waals surface area contributed by atoms with E-state index < -0.39 is 17.9 Å². The van der Waals surface area contributed by atoms with Crippen molar-refractivity contribution in [1.29, 1.82) is 0 Å². The zero-order valence-electron chi connectivity index (χ0n) is 15.1. The zero-order valence-corrected chi connectivity index (χ0v) is 15.1. The number of ether oxygens (including phenoxy) is 3. The fourth-order valence-corrected chi connectivity index (χ4v) is 2.59. The van der Waals surface area contributed by atoms with Crippen molar-refractivity contribution < 1.29 is 28.6 Å². The summed E-state index contributed by atoms with van der Waals surface area (Å²) in [6, 6.07) is 10.5. The van der Waals surface area contributed by atoms with Gasteiger partial charge in [0.25, 0.3) is 0 Å². The Morgan fingerprint density at radius 3 is 1.96 bits per heavy atom. The molecule has 0 aliphatic rings. The van der Waals surface area contributed by atoms with E-state index in [0.717, 1.165) is 5.56 Å². The average molecular weight is 356 g/mol. The summed E-state index contributed by atoms with van der Waals surface area (Å²) in [6.45, 7) is 3.72. The molecule has 2 rings (SSSR count). The van der Waals surface area contributed by atoms with Gasteiger partial charge in [-0.3, -0.25) is 0 Å². The second-order valence-electron chi connectivity index (χ2n) is 5.48. The number of hydrogen-bond donors (Lipinski definition) is 0. The molecule has 0 aliphatic carbocycles. The third-order valence-corrected chi connectivity index (χ3v) is 3.84. The number of hydrogen-bond acceptors (Lipinski definition) is 6. The molecule has 26 heavy (non-hydrogen) atoms. The van der Waals surface area contributed by atoms with Crippen molar-refractivity contribution in [1.82, 2.24) is 0 Å². The molecule has 6 heteroatoms. The summed E-state index contributed by atoms with van der Waals surface area (Å²) < 4.78 is 14.6. The van der Waals surface area contributed by atoms with Crippen LogP contribution in [0.4, 0.5) is 0 Å². The molecule has 0 saturated heterocycles. The smallest absolute Gasteiger partial charge is 0.339 e. The molecular weight excluding hydrogens is 336 g/mol. The van der Waals surface area contributed by atoms with E-state index >= 15 is 0 Å². The molecule has 2 aromatic rings. The van der Waals surface area contributed by atoms with Gasteiger partial charge in [0, 0.05) is 0 Å². The summed E-state index contributed by atoms with van der Waals surface area (Å²) in [4.78, 5) is 37.1. The van der Waals surface area contributed by atoms with E-state index in [1.54, 1.807) is 13.0 Å². The molecule has 0 aliphatic heterocycles. The first-order valence-electron chi connectivity index (χ1n) is 8.02. The summed E-state index contributed by atoms with van der Waals surface area (Å²) >= 11 is 0. The van der Waals surface area contributed by atoms with E-state index in [4.69, 9.17) is 14.2 Å². The Bertz CT molecular complexity index is 836. The second-order valence-corrected chi connectivity index (χ2v) is 5.48. The molecule has 0 spiro atoms. The highest BCUT2D eigenvalue weighted by molar-refractivity contribution is 6.13. The minimum absolute atomic E-state index is 0.0227. The van der Waals surface area contributed by atoms with Gasteiger partial charge in [0.2, 0.25) is 0 Å². The maximum absolute atomic E-state index is 12.6. The second kappa shape index (κ2) is 8.29. The summed E-state index contributed by atoms with van der Waals surface area (Å²) in [7, 11) is 2.37. The van der Waals surface area contributed by atoms with Crippen LogP contribution in [0.5, 0.6) is 0 Å². The minimum atomic E-state index is -0.817. The van der Waals surface area contributed by atoms with Gasteiger partial charge >= 0.3 is 17.9 Å². The van der Waals surface area contributed by atoms with Gasteiger partial charge in [0.15, 0.2) is 0 Å². The van der Waals surface area contributed by atoms with Gasteiger partial charge in [-0.05, 0) is 31.0 Å². The predicted molar refractivity (Wildman–Crippen MR) is 95.3 cm³/mol. The fourth-order valence-electron chi connectivity index (χ4n) is 2.59. The van der Waals surface area contributed by atoms with Crippen molar-refractivity contribution in [3.8, 4) is 11.1 Å². The van der Waals surface area contributed by atoms with E-state index in [-0.39, 0.29) is 23.3 Å². The summed E-state index contributed by atoms with van der Waals surface area (Å²) in [5, 5.41) is 0. The van der Waals surface area contributed by atoms with Gasteiger partial charge in [-0.15, -0.1) is 0 Å². The van der Waals surface area contributed by atoms with Crippen LogP contribution in [0.25, 0.3) is 11.1 Å². The number of rotatable bonds is 5. The number of esters is 3. The van der Waals surface area contributed by atoms with E-state index in [9.17, 15) is 14.4 Å². The number of benzene rings is 2. The molecule has 0 bridgehead atoms. The molecule has 136 valence electrons. The third-order valence-electron chi connectivity index (χ3n) is 3.84. The maximum Gasteiger partial charge on any atom is 0.339 e. The van der Waals surface area contributed by atoms with Crippen molar-refractivity contribution in [3.63, 3.8) is 0 Å². The van der Waals surface area contributed by atoms with Crippen molar-refractivity contribution in [2.24, 2.45) is 0 Å². The standard InChI is InChI=1S/C20H20O6/c1-5-26-20(23)16-14(13-8-6-12(2)7-9-13)10-11-15(18(21)24-3)17(16)19(22)25-4/h6-11H,5H2,1-4H3. The highest BCUT2D eigenvalue weighted by Crippen LogP contribution is 2.31. The van der Waals surface area contributed by atoms with Crippen LogP contribution < -0.4 is 0 Å². The SMILES string of the molecule is CCOC(=O)c1c(-c2ccc(C)cc2)ccc(C(=O)OC)c1C(=O)OC. The van der Waals surface area contributed by atoms with E-state index in [1.165, 1.54) is 20.3 Å². The van der Waals surface area contributed by atoms with Gasteiger partial charge in [0.05, 0.1) is 37.5 Å². The normalized spacial score (nSPS) is 10.2. The quantitative estimate of drug-likeness (QED) is 0.603. The van der Waals surface area contributed by atoms with Gasteiger partial charge < -0.3 is 14.2 Å². The lowest BCUT2D eigenvalue weighted by molar-refractivity contribution is 0.0500. The minimum Gasteiger partial charge on any atom is -0.465 e. The van der Waals surface area contributed by atoms with Crippen LogP contribution in [-0.4, -0.2) is 38.7 Å². The lowest BCUT2D eigenvalue weighted by Crippen LogP contribution is -2.19. The molecular formula is C20H20O6. The molecule has 0 saturated carbocycles. The largest absolute Gasteiger partial charge is 0.465 e. The van der Waals surface area contributed by atoms with Crippen LogP contribution >= 0.6 is 0 Å². The number of aryl methyl sites for hydroxylation is 1. The van der Waals surface area contributed by atoms with Gasteiger partial charge in [-0.1, -0.05) is 35.9 Å². The molecule has 0 heterocycles.